The summed E-state index contributed by atoms with van der Waals surface area (Å²) >= 11 is 0. The monoisotopic (exact) mass is 475 g/mol. The first kappa shape index (κ1) is 22.5. The summed E-state index contributed by atoms with van der Waals surface area (Å²) in [6.07, 6.45) is 3.16. The summed E-state index contributed by atoms with van der Waals surface area (Å²) in [6, 6.07) is 5.99. The van der Waals surface area contributed by atoms with Crippen LogP contribution in [0.15, 0.2) is 29.4 Å². The van der Waals surface area contributed by atoms with E-state index in [1.165, 1.54) is 0 Å². The number of halogens is 1. The van der Waals surface area contributed by atoms with Crippen molar-refractivity contribution in [3.05, 3.63) is 30.1 Å². The average molecular weight is 475 g/mol. The molecule has 1 atom stereocenters. The van der Waals surface area contributed by atoms with E-state index in [0.717, 1.165) is 44.1 Å². The molecule has 1 amide bonds. The molecule has 0 spiro atoms. The maximum absolute atomic E-state index is 11.9. The fraction of sp³-hybridized carbons (Fsp3) is 0.611. The van der Waals surface area contributed by atoms with E-state index in [9.17, 15) is 4.79 Å². The van der Waals surface area contributed by atoms with Crippen LogP contribution in [0.25, 0.3) is 0 Å². The molecule has 1 fully saturated rings. The fourth-order valence-electron chi connectivity index (χ4n) is 2.73. The number of ether oxygens (including phenoxy) is 1. The number of alkyl carbamates (subject to hydrolysis) is 1. The Hall–Kier alpha value is -1.58. The highest BCUT2D eigenvalue weighted by molar-refractivity contribution is 14.0. The minimum atomic E-state index is -0.481. The zero-order valence-corrected chi connectivity index (χ0v) is 18.3. The predicted octanol–water partition coefficient (Wildman–Crippen LogP) is 2.42. The number of rotatable bonds is 4. The zero-order valence-electron chi connectivity index (χ0n) is 16.0. The van der Waals surface area contributed by atoms with E-state index in [0.29, 0.717) is 0 Å². The maximum atomic E-state index is 11.9. The van der Waals surface area contributed by atoms with E-state index >= 15 is 0 Å². The second-order valence-electron chi connectivity index (χ2n) is 7.12. The van der Waals surface area contributed by atoms with Gasteiger partial charge in [0.05, 0.1) is 6.04 Å². The lowest BCUT2D eigenvalue weighted by Gasteiger charge is -2.23. The van der Waals surface area contributed by atoms with Crippen molar-refractivity contribution in [1.82, 2.24) is 20.5 Å². The van der Waals surface area contributed by atoms with Crippen molar-refractivity contribution < 1.29 is 9.53 Å². The number of aliphatic imine (C=N–C) groups is 1. The molecule has 1 aromatic rings. The summed E-state index contributed by atoms with van der Waals surface area (Å²) in [5.41, 5.74) is 0.571. The normalized spacial score (nSPS) is 17.5. The number of likely N-dealkylation sites (tertiary alicyclic amines) is 1. The zero-order chi connectivity index (χ0) is 18.3. The second kappa shape index (κ2) is 10.5. The van der Waals surface area contributed by atoms with Gasteiger partial charge in [-0.05, 0) is 39.3 Å². The van der Waals surface area contributed by atoms with Crippen molar-refractivity contribution in [2.24, 2.45) is 4.99 Å². The molecule has 1 unspecified atom stereocenters. The smallest absolute Gasteiger partial charge is 0.407 e. The Balaban J connectivity index is 0.00000338. The lowest BCUT2D eigenvalue weighted by molar-refractivity contribution is 0.0507. The molecule has 0 bridgehead atoms. The predicted molar refractivity (Wildman–Crippen MR) is 114 cm³/mol. The molecule has 1 aliphatic rings. The molecule has 0 aliphatic carbocycles. The Morgan fingerprint density at radius 1 is 1.42 bits per heavy atom. The molecule has 1 saturated heterocycles. The number of pyridine rings is 1. The van der Waals surface area contributed by atoms with E-state index < -0.39 is 5.60 Å². The van der Waals surface area contributed by atoms with Gasteiger partial charge >= 0.3 is 6.09 Å². The molecular weight excluding hydrogens is 445 g/mol. The molecule has 1 aromatic heterocycles. The summed E-state index contributed by atoms with van der Waals surface area (Å²) in [5, 5.41) is 6.29. The van der Waals surface area contributed by atoms with Gasteiger partial charge in [-0.1, -0.05) is 6.07 Å². The van der Waals surface area contributed by atoms with Crippen LogP contribution in [0.3, 0.4) is 0 Å². The molecule has 2 heterocycles. The number of guanidine groups is 1. The van der Waals surface area contributed by atoms with Crippen molar-refractivity contribution >= 4 is 36.0 Å². The van der Waals surface area contributed by atoms with Crippen molar-refractivity contribution in [2.75, 3.05) is 26.7 Å². The molecule has 0 saturated carbocycles. The Bertz CT molecular complexity index is 589. The summed E-state index contributed by atoms with van der Waals surface area (Å²) < 4.78 is 5.31. The van der Waals surface area contributed by atoms with E-state index in [1.807, 2.05) is 39.0 Å². The highest BCUT2D eigenvalue weighted by Crippen LogP contribution is 2.12. The first-order valence-corrected chi connectivity index (χ1v) is 8.72. The third-order valence-corrected chi connectivity index (χ3v) is 3.81. The van der Waals surface area contributed by atoms with Gasteiger partial charge in [0.15, 0.2) is 5.96 Å². The Morgan fingerprint density at radius 3 is 2.81 bits per heavy atom. The van der Waals surface area contributed by atoms with Crippen molar-refractivity contribution in [3.8, 4) is 0 Å². The highest BCUT2D eigenvalue weighted by Gasteiger charge is 2.27. The quantitative estimate of drug-likeness (QED) is 0.398. The van der Waals surface area contributed by atoms with Crippen LogP contribution in [0.1, 0.15) is 32.9 Å². The largest absolute Gasteiger partial charge is 0.444 e. The van der Waals surface area contributed by atoms with Gasteiger partial charge in [0.25, 0.3) is 0 Å². The van der Waals surface area contributed by atoms with E-state index in [1.54, 1.807) is 13.2 Å². The van der Waals surface area contributed by atoms with Crippen LogP contribution in [-0.4, -0.2) is 60.3 Å². The first-order chi connectivity index (χ1) is 11.9. The molecule has 0 radical (unpaired) electrons. The highest BCUT2D eigenvalue weighted by atomic mass is 127. The van der Waals surface area contributed by atoms with Crippen LogP contribution in [0.5, 0.6) is 0 Å². The number of hydrogen-bond donors (Lipinski definition) is 2. The molecule has 1 aliphatic heterocycles. The number of hydrogen-bond acceptors (Lipinski definition) is 4. The van der Waals surface area contributed by atoms with Crippen LogP contribution >= 0.6 is 24.0 Å². The SMILES string of the molecule is CN=C(NCCc1ccccn1)N1CCC(NC(=O)OC(C)(C)C)C1.I. The van der Waals surface area contributed by atoms with Gasteiger partial charge in [-0.25, -0.2) is 4.79 Å². The minimum Gasteiger partial charge on any atom is -0.444 e. The van der Waals surface area contributed by atoms with Crippen LogP contribution in [0, 0.1) is 0 Å². The number of carbonyl (C=O) groups is 1. The van der Waals surface area contributed by atoms with Crippen LogP contribution in [-0.2, 0) is 11.2 Å². The van der Waals surface area contributed by atoms with Crippen LogP contribution in [0.2, 0.25) is 0 Å². The van der Waals surface area contributed by atoms with E-state index in [4.69, 9.17) is 4.74 Å². The number of nitrogens with zero attached hydrogens (tertiary/aromatic N) is 3. The Morgan fingerprint density at radius 2 is 2.19 bits per heavy atom. The third-order valence-electron chi connectivity index (χ3n) is 3.81. The Kier molecular flexibility index (Phi) is 9.11. The lowest BCUT2D eigenvalue weighted by atomic mass is 10.2. The van der Waals surface area contributed by atoms with E-state index in [-0.39, 0.29) is 36.1 Å². The standard InChI is InChI=1S/C18H29N5O2.HI/c1-18(2,3)25-17(24)22-15-9-12-23(13-15)16(19-4)21-11-8-14-7-5-6-10-20-14;/h5-7,10,15H,8-9,11-13H2,1-4H3,(H,19,21)(H,22,24);1H. The summed E-state index contributed by atoms with van der Waals surface area (Å²) in [4.78, 5) is 22.7. The molecule has 2 N–H and O–H groups in total. The molecule has 8 heteroatoms. The molecule has 2 rings (SSSR count). The number of aromatic nitrogens is 1. The van der Waals surface area contributed by atoms with Crippen molar-refractivity contribution in [2.45, 2.75) is 45.3 Å². The number of nitrogens with one attached hydrogen (secondary N) is 2. The second-order valence-corrected chi connectivity index (χ2v) is 7.12. The van der Waals surface area contributed by atoms with Gasteiger partial charge in [-0.3, -0.25) is 9.98 Å². The maximum Gasteiger partial charge on any atom is 0.407 e. The average Bonchev–Trinajstić information content (AvgIpc) is 2.99. The van der Waals surface area contributed by atoms with Gasteiger partial charge in [0.2, 0.25) is 0 Å². The number of amides is 1. The topological polar surface area (TPSA) is 78.9 Å². The molecule has 26 heavy (non-hydrogen) atoms. The van der Waals surface area contributed by atoms with Crippen molar-refractivity contribution in [3.63, 3.8) is 0 Å². The van der Waals surface area contributed by atoms with Crippen molar-refractivity contribution in [1.29, 1.82) is 0 Å². The molecular formula is C18H30IN5O2. The van der Waals surface area contributed by atoms with Gasteiger partial charge in [0.1, 0.15) is 5.60 Å². The summed E-state index contributed by atoms with van der Waals surface area (Å²) in [7, 11) is 1.78. The number of carbonyl (C=O) groups excluding carboxylic acids is 1. The molecule has 7 nitrogen and oxygen atoms in total. The van der Waals surface area contributed by atoms with Gasteiger partial charge in [-0.15, -0.1) is 24.0 Å². The molecule has 146 valence electrons. The van der Waals surface area contributed by atoms with E-state index in [2.05, 4.69) is 25.5 Å². The minimum absolute atomic E-state index is 0. The van der Waals surface area contributed by atoms with Crippen LogP contribution in [0.4, 0.5) is 4.79 Å². The lowest BCUT2D eigenvalue weighted by Crippen LogP contribution is -2.44. The van der Waals surface area contributed by atoms with Gasteiger partial charge < -0.3 is 20.3 Å². The summed E-state index contributed by atoms with van der Waals surface area (Å²) in [6.45, 7) is 7.93. The Labute approximate surface area is 173 Å². The van der Waals surface area contributed by atoms with Gasteiger partial charge in [0, 0.05) is 45.0 Å². The fourth-order valence-corrected chi connectivity index (χ4v) is 2.73. The van der Waals surface area contributed by atoms with Gasteiger partial charge in [-0.2, -0.15) is 0 Å². The third kappa shape index (κ3) is 7.76. The summed E-state index contributed by atoms with van der Waals surface area (Å²) in [5.74, 6) is 0.851. The molecule has 0 aromatic carbocycles. The first-order valence-electron chi connectivity index (χ1n) is 8.72. The van der Waals surface area contributed by atoms with Crippen LogP contribution < -0.4 is 10.6 Å².